The number of hydrogen-bond acceptors (Lipinski definition) is 5. The van der Waals surface area contributed by atoms with Gasteiger partial charge in [-0.05, 0) is 46.5 Å². The van der Waals surface area contributed by atoms with Crippen LogP contribution in [0.2, 0.25) is 0 Å². The smallest absolute Gasteiger partial charge is 0.399 e. The maximum absolute atomic E-state index is 9.23. The number of rotatable bonds is 4. The van der Waals surface area contributed by atoms with E-state index < -0.39 is 7.12 Å². The first-order valence-corrected chi connectivity index (χ1v) is 8.43. The first kappa shape index (κ1) is 17.2. The highest BCUT2D eigenvalue weighted by atomic mass is 16.7. The van der Waals surface area contributed by atoms with Crippen molar-refractivity contribution >= 4 is 18.8 Å². The molecule has 1 saturated heterocycles. The number of hydrogen-bond donors (Lipinski definition) is 0. The van der Waals surface area contributed by atoms with Gasteiger partial charge in [-0.2, -0.15) is 10.4 Å². The molecule has 0 radical (unpaired) electrons. The van der Waals surface area contributed by atoms with Gasteiger partial charge < -0.3 is 14.3 Å². The highest BCUT2D eigenvalue weighted by Crippen LogP contribution is 2.45. The van der Waals surface area contributed by atoms with Gasteiger partial charge in [-0.15, -0.1) is 0 Å². The molecule has 6 nitrogen and oxygen atoms in total. The predicted octanol–water partition coefficient (Wildman–Crippen LogP) is 1.90. The Morgan fingerprint density at radius 2 is 2.00 bits per heavy atom. The molecule has 1 aliphatic heterocycles. The molecule has 0 N–H and O–H groups in total. The van der Waals surface area contributed by atoms with E-state index in [0.717, 1.165) is 18.3 Å². The van der Waals surface area contributed by atoms with E-state index >= 15 is 0 Å². The molecule has 0 unspecified atom stereocenters. The molecule has 2 aliphatic rings. The van der Waals surface area contributed by atoms with E-state index in [2.05, 4.69) is 16.2 Å². The molecule has 7 heteroatoms. The molecule has 0 amide bonds. The molecule has 2 heterocycles. The van der Waals surface area contributed by atoms with Gasteiger partial charge in [0.25, 0.3) is 0 Å². The van der Waals surface area contributed by atoms with Crippen molar-refractivity contribution in [3.05, 3.63) is 12.4 Å². The Hall–Kier alpha value is -1.65. The Labute approximate surface area is 144 Å². The Kier molecular flexibility index (Phi) is 4.09. The lowest BCUT2D eigenvalue weighted by molar-refractivity contribution is 0.00578. The molecular formula is C17H25BN4O2. The second-order valence-corrected chi connectivity index (χ2v) is 7.94. The van der Waals surface area contributed by atoms with Crippen LogP contribution in [0.15, 0.2) is 17.4 Å². The van der Waals surface area contributed by atoms with Gasteiger partial charge in [0.05, 0.1) is 29.2 Å². The van der Waals surface area contributed by atoms with Crippen molar-refractivity contribution in [2.45, 2.75) is 63.7 Å². The van der Waals surface area contributed by atoms with Crippen LogP contribution in [0.25, 0.3) is 0 Å². The van der Waals surface area contributed by atoms with Crippen molar-refractivity contribution in [1.82, 2.24) is 9.78 Å². The number of aliphatic imine (C=N–C) groups is 1. The molecule has 0 atom stereocenters. The quantitative estimate of drug-likeness (QED) is 0.625. The molecule has 0 spiro atoms. The summed E-state index contributed by atoms with van der Waals surface area (Å²) < 4.78 is 14.1. The molecule has 1 saturated carbocycles. The van der Waals surface area contributed by atoms with E-state index in [9.17, 15) is 5.26 Å². The minimum Gasteiger partial charge on any atom is -0.399 e. The van der Waals surface area contributed by atoms with Gasteiger partial charge in [0, 0.05) is 31.1 Å². The van der Waals surface area contributed by atoms with Gasteiger partial charge in [-0.3, -0.25) is 4.68 Å². The zero-order valence-electron chi connectivity index (χ0n) is 15.1. The fraction of sp³-hybridized carbons (Fsp3) is 0.706. The van der Waals surface area contributed by atoms with Crippen molar-refractivity contribution in [2.75, 3.05) is 7.05 Å². The third-order valence-electron chi connectivity index (χ3n) is 5.67. The summed E-state index contributed by atoms with van der Waals surface area (Å²) >= 11 is 0. The maximum Gasteiger partial charge on any atom is 0.498 e. The summed E-state index contributed by atoms with van der Waals surface area (Å²) in [5.74, 6) is 0.424. The average molecular weight is 328 g/mol. The van der Waals surface area contributed by atoms with Crippen LogP contribution in [0.1, 0.15) is 47.0 Å². The van der Waals surface area contributed by atoms with E-state index in [4.69, 9.17) is 9.31 Å². The van der Waals surface area contributed by atoms with Crippen LogP contribution in [-0.2, 0) is 14.8 Å². The van der Waals surface area contributed by atoms with E-state index in [0.29, 0.717) is 12.3 Å². The van der Waals surface area contributed by atoms with Crippen LogP contribution in [0.3, 0.4) is 0 Å². The predicted molar refractivity (Wildman–Crippen MR) is 93.3 cm³/mol. The SMILES string of the molecule is CN=CC1CC(CC#N)(n2cc(B3OC(C)(C)C(C)(C)O3)cn2)C1. The van der Waals surface area contributed by atoms with Gasteiger partial charge in [0.2, 0.25) is 0 Å². The minimum atomic E-state index is -0.420. The van der Waals surface area contributed by atoms with Gasteiger partial charge in [0.1, 0.15) is 0 Å². The standard InChI is InChI=1S/C17H25BN4O2/c1-15(2)16(3,4)24-18(23-15)14-11-21-22(12-14)17(6-7-19)8-13(9-17)10-20-5/h10-13H,6,8-9H2,1-5H3. The van der Waals surface area contributed by atoms with Crippen molar-refractivity contribution in [3.8, 4) is 6.07 Å². The molecule has 1 aromatic heterocycles. The largest absolute Gasteiger partial charge is 0.498 e. The van der Waals surface area contributed by atoms with Gasteiger partial charge >= 0.3 is 7.12 Å². The summed E-state index contributed by atoms with van der Waals surface area (Å²) in [4.78, 5) is 4.10. The molecule has 0 bridgehead atoms. The van der Waals surface area contributed by atoms with Gasteiger partial charge in [0.15, 0.2) is 0 Å². The lowest BCUT2D eigenvalue weighted by Crippen LogP contribution is -2.47. The summed E-state index contributed by atoms with van der Waals surface area (Å²) in [5, 5.41) is 13.8. The molecule has 3 rings (SSSR count). The minimum absolute atomic E-state index is 0.234. The second-order valence-electron chi connectivity index (χ2n) is 7.94. The van der Waals surface area contributed by atoms with Crippen molar-refractivity contribution in [1.29, 1.82) is 5.26 Å². The third-order valence-corrected chi connectivity index (χ3v) is 5.67. The molecular weight excluding hydrogens is 303 g/mol. The lowest BCUT2D eigenvalue weighted by atomic mass is 9.67. The van der Waals surface area contributed by atoms with Crippen LogP contribution < -0.4 is 5.46 Å². The van der Waals surface area contributed by atoms with Crippen LogP contribution >= 0.6 is 0 Å². The molecule has 2 fully saturated rings. The van der Waals surface area contributed by atoms with Crippen LogP contribution in [-0.4, -0.2) is 41.4 Å². The summed E-state index contributed by atoms with van der Waals surface area (Å²) in [7, 11) is 1.37. The van der Waals surface area contributed by atoms with Crippen molar-refractivity contribution in [3.63, 3.8) is 0 Å². The lowest BCUT2D eigenvalue weighted by Gasteiger charge is -2.45. The Morgan fingerprint density at radius 1 is 1.38 bits per heavy atom. The summed E-state index contributed by atoms with van der Waals surface area (Å²) in [6.07, 6.45) is 7.96. The summed E-state index contributed by atoms with van der Waals surface area (Å²) in [6, 6.07) is 2.31. The Balaban J connectivity index is 1.80. The zero-order chi connectivity index (χ0) is 17.6. The van der Waals surface area contributed by atoms with E-state index in [1.807, 2.05) is 44.8 Å². The third kappa shape index (κ3) is 2.68. The highest BCUT2D eigenvalue weighted by Gasteiger charge is 2.53. The Bertz CT molecular complexity index is 667. The summed E-state index contributed by atoms with van der Waals surface area (Å²) in [5.41, 5.74) is -0.0757. The fourth-order valence-corrected chi connectivity index (χ4v) is 3.49. The van der Waals surface area contributed by atoms with Crippen LogP contribution in [0.5, 0.6) is 0 Å². The monoisotopic (exact) mass is 328 g/mol. The van der Waals surface area contributed by atoms with Crippen molar-refractivity contribution in [2.24, 2.45) is 10.9 Å². The van der Waals surface area contributed by atoms with E-state index in [-0.39, 0.29) is 16.7 Å². The zero-order valence-corrected chi connectivity index (χ0v) is 15.1. The molecule has 24 heavy (non-hydrogen) atoms. The number of nitrogens with zero attached hydrogens (tertiary/aromatic N) is 4. The molecule has 0 aromatic carbocycles. The Morgan fingerprint density at radius 3 is 2.54 bits per heavy atom. The maximum atomic E-state index is 9.23. The second kappa shape index (κ2) is 5.71. The molecule has 1 aromatic rings. The van der Waals surface area contributed by atoms with E-state index in [1.54, 1.807) is 13.2 Å². The van der Waals surface area contributed by atoms with Crippen molar-refractivity contribution < 1.29 is 9.31 Å². The number of nitriles is 1. The number of aromatic nitrogens is 2. The molecule has 1 aliphatic carbocycles. The summed E-state index contributed by atoms with van der Waals surface area (Å²) in [6.45, 7) is 8.15. The topological polar surface area (TPSA) is 72.4 Å². The normalized spacial score (nSPS) is 31.2. The molecule has 128 valence electrons. The van der Waals surface area contributed by atoms with Gasteiger partial charge in [-0.1, -0.05) is 0 Å². The van der Waals surface area contributed by atoms with Crippen LogP contribution in [0.4, 0.5) is 0 Å². The first-order valence-electron chi connectivity index (χ1n) is 8.43. The van der Waals surface area contributed by atoms with Crippen LogP contribution in [0, 0.1) is 17.2 Å². The first-order chi connectivity index (χ1) is 11.2. The van der Waals surface area contributed by atoms with E-state index in [1.165, 1.54) is 0 Å². The fourth-order valence-electron chi connectivity index (χ4n) is 3.49. The van der Waals surface area contributed by atoms with Gasteiger partial charge in [-0.25, -0.2) is 0 Å². The highest BCUT2D eigenvalue weighted by molar-refractivity contribution is 6.62. The average Bonchev–Trinajstić information content (AvgIpc) is 3.00.